The molecule has 4 heterocycles. The van der Waals surface area contributed by atoms with Crippen LogP contribution in [0.15, 0.2) is 55.1 Å². The molecular formula is C35H43N7O2. The zero-order valence-corrected chi connectivity index (χ0v) is 25.7. The van der Waals surface area contributed by atoms with Gasteiger partial charge in [-0.3, -0.25) is 4.79 Å². The molecule has 0 spiro atoms. The minimum Gasteiger partial charge on any atom is -0.463 e. The predicted octanol–water partition coefficient (Wildman–Crippen LogP) is 4.96. The number of fused-ring (bicyclic) bond motifs is 2. The molecule has 9 heteroatoms. The third-order valence-electron chi connectivity index (χ3n) is 9.22. The van der Waals surface area contributed by atoms with Crippen molar-refractivity contribution in [1.29, 1.82) is 0 Å². The van der Waals surface area contributed by atoms with Gasteiger partial charge < -0.3 is 29.2 Å². The highest BCUT2D eigenvalue weighted by Gasteiger charge is 2.34. The first-order chi connectivity index (χ1) is 21.6. The molecule has 2 aromatic carbocycles. The summed E-state index contributed by atoms with van der Waals surface area (Å²) >= 11 is 0. The van der Waals surface area contributed by atoms with Crippen LogP contribution in [0.4, 0.5) is 11.5 Å². The molecule has 44 heavy (non-hydrogen) atoms. The Hall–Kier alpha value is -4.16. The van der Waals surface area contributed by atoms with Gasteiger partial charge in [0.25, 0.3) is 0 Å². The Labute approximate surface area is 260 Å². The molecule has 1 amide bonds. The maximum absolute atomic E-state index is 12.6. The predicted molar refractivity (Wildman–Crippen MR) is 175 cm³/mol. The molecule has 0 saturated carbocycles. The number of hydrogen-bond donors (Lipinski definition) is 0. The molecule has 1 unspecified atom stereocenters. The second kappa shape index (κ2) is 14.1. The van der Waals surface area contributed by atoms with Gasteiger partial charge in [0, 0.05) is 42.8 Å². The molecule has 2 fully saturated rings. The van der Waals surface area contributed by atoms with Crippen LogP contribution in [0.25, 0.3) is 15.6 Å². The van der Waals surface area contributed by atoms with Gasteiger partial charge in [0.05, 0.1) is 18.8 Å². The zero-order valence-electron chi connectivity index (χ0n) is 25.7. The van der Waals surface area contributed by atoms with Crippen LogP contribution in [0.3, 0.4) is 0 Å². The molecule has 3 aliphatic rings. The summed E-state index contributed by atoms with van der Waals surface area (Å²) in [4.78, 5) is 35.2. The van der Waals surface area contributed by atoms with Crippen molar-refractivity contribution in [3.63, 3.8) is 0 Å². The van der Waals surface area contributed by atoms with Gasteiger partial charge in [-0.2, -0.15) is 9.97 Å². The van der Waals surface area contributed by atoms with E-state index in [-0.39, 0.29) is 18.5 Å². The van der Waals surface area contributed by atoms with Crippen LogP contribution in [0.1, 0.15) is 43.4 Å². The number of benzene rings is 2. The average molecular weight is 594 g/mol. The number of carbonyl (C=O) groups is 1. The third-order valence-corrected chi connectivity index (χ3v) is 9.22. The first-order valence-corrected chi connectivity index (χ1v) is 16.1. The minimum atomic E-state index is -0.215. The van der Waals surface area contributed by atoms with E-state index in [1.165, 1.54) is 54.9 Å². The fourth-order valence-corrected chi connectivity index (χ4v) is 6.90. The monoisotopic (exact) mass is 593 g/mol. The molecule has 0 aliphatic carbocycles. The Morgan fingerprint density at radius 3 is 2.68 bits per heavy atom. The second-order valence-corrected chi connectivity index (χ2v) is 12.1. The Balaban J connectivity index is 1.24. The zero-order chi connectivity index (χ0) is 30.3. The Morgan fingerprint density at radius 2 is 1.84 bits per heavy atom. The number of unbranched alkanes of at least 4 members (excludes halogenated alkanes) is 1. The Morgan fingerprint density at radius 1 is 1.00 bits per heavy atom. The van der Waals surface area contributed by atoms with Gasteiger partial charge >= 0.3 is 6.01 Å². The largest absolute Gasteiger partial charge is 0.463 e. The highest BCUT2D eigenvalue weighted by atomic mass is 16.5. The summed E-state index contributed by atoms with van der Waals surface area (Å²) in [6, 6.07) is 15.2. The molecule has 2 saturated heterocycles. The molecule has 6 rings (SSSR count). The topological polar surface area (TPSA) is 69.4 Å². The quantitative estimate of drug-likeness (QED) is 0.187. The number of rotatable bonds is 10. The van der Waals surface area contributed by atoms with E-state index in [0.717, 1.165) is 49.4 Å². The number of amides is 1. The summed E-state index contributed by atoms with van der Waals surface area (Å²) in [6.45, 7) is 18.8. The first-order valence-electron chi connectivity index (χ1n) is 16.1. The van der Waals surface area contributed by atoms with Gasteiger partial charge in [0.2, 0.25) is 12.5 Å². The fourth-order valence-electron chi connectivity index (χ4n) is 6.90. The van der Waals surface area contributed by atoms with Crippen molar-refractivity contribution in [2.24, 2.45) is 0 Å². The molecule has 1 atom stereocenters. The lowest BCUT2D eigenvalue weighted by molar-refractivity contribution is -0.128. The van der Waals surface area contributed by atoms with Crippen molar-refractivity contribution in [1.82, 2.24) is 19.8 Å². The van der Waals surface area contributed by atoms with E-state index < -0.39 is 0 Å². The molecule has 0 N–H and O–H groups in total. The van der Waals surface area contributed by atoms with Crippen molar-refractivity contribution >= 4 is 28.2 Å². The number of likely N-dealkylation sites (tertiary alicyclic amines) is 1. The van der Waals surface area contributed by atoms with E-state index in [9.17, 15) is 4.79 Å². The van der Waals surface area contributed by atoms with Crippen LogP contribution < -0.4 is 14.5 Å². The standard InChI is InChI=1S/C35H43N7O2/c1-3-33(43)42-22-21-41(25-28(42)24-36-2)34-30-16-20-40(32-15-11-13-27-12-5-6-14-29(27)32)26-31(30)37-35(38-34)44-23-10-9-19-39-17-7-4-8-18-39/h3,5-6,11-15,28H,1,4,7-10,16-26H2. The number of piperidine rings is 1. The number of aromatic nitrogens is 2. The fraction of sp³-hybridized carbons (Fsp3) is 0.486. The Kier molecular flexibility index (Phi) is 9.57. The molecule has 0 bridgehead atoms. The first kappa shape index (κ1) is 29.9. The van der Waals surface area contributed by atoms with Crippen molar-refractivity contribution < 1.29 is 9.53 Å². The minimum absolute atomic E-state index is 0.123. The summed E-state index contributed by atoms with van der Waals surface area (Å²) in [5, 5.41) is 2.47. The van der Waals surface area contributed by atoms with Crippen LogP contribution in [-0.4, -0.2) is 90.7 Å². The summed E-state index contributed by atoms with van der Waals surface area (Å²) in [7, 11) is 0. The second-order valence-electron chi connectivity index (χ2n) is 12.1. The number of carbonyl (C=O) groups excluding carboxylic acids is 1. The van der Waals surface area contributed by atoms with Gasteiger partial charge in [-0.05, 0) is 69.3 Å². The molecule has 0 radical (unpaired) electrons. The molecule has 3 aromatic rings. The normalized spacial score (nSPS) is 19.0. The van der Waals surface area contributed by atoms with Crippen molar-refractivity contribution in [2.45, 2.75) is 51.1 Å². The summed E-state index contributed by atoms with van der Waals surface area (Å²) in [5.41, 5.74) is 3.34. The van der Waals surface area contributed by atoms with E-state index in [1.807, 2.05) is 0 Å². The molecule has 3 aliphatic heterocycles. The molecular weight excluding hydrogens is 550 g/mol. The summed E-state index contributed by atoms with van der Waals surface area (Å²) < 4.78 is 6.24. The van der Waals surface area contributed by atoms with Gasteiger partial charge in [0.15, 0.2) is 0 Å². The van der Waals surface area contributed by atoms with Crippen LogP contribution in [0.2, 0.25) is 0 Å². The van der Waals surface area contributed by atoms with Gasteiger partial charge in [-0.25, -0.2) is 6.57 Å². The van der Waals surface area contributed by atoms with Gasteiger partial charge in [0.1, 0.15) is 11.9 Å². The number of hydrogen-bond acceptors (Lipinski definition) is 7. The third kappa shape index (κ3) is 6.66. The van der Waals surface area contributed by atoms with E-state index in [4.69, 9.17) is 21.3 Å². The maximum atomic E-state index is 12.6. The number of anilines is 2. The number of ether oxygens (including phenoxy) is 1. The van der Waals surface area contributed by atoms with Gasteiger partial charge in [-0.15, -0.1) is 0 Å². The maximum Gasteiger partial charge on any atom is 0.318 e. The van der Waals surface area contributed by atoms with Crippen molar-refractivity contribution in [2.75, 3.05) is 68.8 Å². The lowest BCUT2D eigenvalue weighted by Gasteiger charge is -2.41. The summed E-state index contributed by atoms with van der Waals surface area (Å²) in [6.07, 6.45) is 8.19. The van der Waals surface area contributed by atoms with E-state index in [1.54, 1.807) is 4.90 Å². The van der Waals surface area contributed by atoms with Crippen LogP contribution >= 0.6 is 0 Å². The van der Waals surface area contributed by atoms with Crippen molar-refractivity contribution in [3.8, 4) is 6.01 Å². The smallest absolute Gasteiger partial charge is 0.318 e. The lowest BCUT2D eigenvalue weighted by atomic mass is 10.0. The highest BCUT2D eigenvalue weighted by Crippen LogP contribution is 2.34. The van der Waals surface area contributed by atoms with E-state index >= 15 is 0 Å². The molecule has 9 nitrogen and oxygen atoms in total. The number of piperazine rings is 1. The van der Waals surface area contributed by atoms with Crippen molar-refractivity contribution in [3.05, 3.63) is 77.8 Å². The van der Waals surface area contributed by atoms with Crippen LogP contribution in [-0.2, 0) is 17.8 Å². The van der Waals surface area contributed by atoms with E-state index in [2.05, 4.69) is 68.6 Å². The highest BCUT2D eigenvalue weighted by molar-refractivity contribution is 5.94. The average Bonchev–Trinajstić information content (AvgIpc) is 3.07. The Bertz CT molecular complexity index is 1510. The lowest BCUT2D eigenvalue weighted by Crippen LogP contribution is -2.56. The molecule has 1 aromatic heterocycles. The SMILES string of the molecule is [C-]#[N+]CC1CN(c2nc(OCCCCN3CCCCC3)nc3c2CCN(c2cccc4ccccc24)C3)CCN1C(=O)C=C. The van der Waals surface area contributed by atoms with Crippen LogP contribution in [0, 0.1) is 6.57 Å². The van der Waals surface area contributed by atoms with Crippen LogP contribution in [0.5, 0.6) is 6.01 Å². The number of nitrogens with zero attached hydrogens (tertiary/aromatic N) is 7. The van der Waals surface area contributed by atoms with Gasteiger partial charge in [-0.1, -0.05) is 49.4 Å². The summed E-state index contributed by atoms with van der Waals surface area (Å²) in [5.74, 6) is 0.763. The van der Waals surface area contributed by atoms with E-state index in [0.29, 0.717) is 38.8 Å². The molecule has 230 valence electrons.